The van der Waals surface area contributed by atoms with E-state index in [-0.39, 0.29) is 5.91 Å². The second kappa shape index (κ2) is 8.05. The predicted octanol–water partition coefficient (Wildman–Crippen LogP) is 2.61. The van der Waals surface area contributed by atoms with Gasteiger partial charge in [0.15, 0.2) is 5.82 Å². The number of ether oxygens (including phenoxy) is 1. The van der Waals surface area contributed by atoms with Gasteiger partial charge in [-0.25, -0.2) is 9.97 Å². The Hall–Kier alpha value is -3.46. The van der Waals surface area contributed by atoms with Crippen molar-refractivity contribution in [1.82, 2.24) is 15.1 Å². The Balaban J connectivity index is 1.45. The molecule has 1 aromatic carbocycles. The van der Waals surface area contributed by atoms with Crippen LogP contribution in [-0.4, -0.2) is 47.3 Å². The Morgan fingerprint density at radius 3 is 2.61 bits per heavy atom. The van der Waals surface area contributed by atoms with E-state index in [9.17, 15) is 4.79 Å². The van der Waals surface area contributed by atoms with Gasteiger partial charge in [0.25, 0.3) is 5.91 Å². The summed E-state index contributed by atoms with van der Waals surface area (Å²) >= 11 is 0. The van der Waals surface area contributed by atoms with Gasteiger partial charge in [0.1, 0.15) is 5.76 Å². The zero-order valence-corrected chi connectivity index (χ0v) is 15.4. The maximum Gasteiger partial charge on any atom is 0.260 e. The van der Waals surface area contributed by atoms with E-state index >= 15 is 0 Å². The van der Waals surface area contributed by atoms with Gasteiger partial charge in [-0.2, -0.15) is 0 Å². The van der Waals surface area contributed by atoms with Crippen molar-refractivity contribution in [2.24, 2.45) is 0 Å². The Morgan fingerprint density at radius 1 is 1.14 bits per heavy atom. The Bertz CT molecular complexity index is 950. The average Bonchev–Trinajstić information content (AvgIpc) is 3.14. The third kappa shape index (κ3) is 4.09. The fraction of sp³-hybridized carbons (Fsp3) is 0.263. The number of carbonyl (C=O) groups excluding carboxylic acids is 1. The smallest absolute Gasteiger partial charge is 0.260 e. The molecule has 1 amide bonds. The molecule has 0 radical (unpaired) electrons. The Labute approximate surface area is 161 Å². The molecule has 2 N–H and O–H groups in total. The summed E-state index contributed by atoms with van der Waals surface area (Å²) in [5.74, 6) is 1.03. The number of para-hydroxylation sites is 2. The van der Waals surface area contributed by atoms with E-state index in [0.717, 1.165) is 24.5 Å². The van der Waals surface area contributed by atoms with Gasteiger partial charge >= 0.3 is 0 Å². The lowest BCUT2D eigenvalue weighted by atomic mass is 10.2. The van der Waals surface area contributed by atoms with Gasteiger partial charge in [-0.3, -0.25) is 4.79 Å². The summed E-state index contributed by atoms with van der Waals surface area (Å²) in [7, 11) is 0. The van der Waals surface area contributed by atoms with Crippen molar-refractivity contribution in [3.63, 3.8) is 0 Å². The number of hydrogen-bond acceptors (Lipinski definition) is 8. The number of carbonyl (C=O) groups is 1. The summed E-state index contributed by atoms with van der Waals surface area (Å²) in [6.07, 6.45) is 2.93. The summed E-state index contributed by atoms with van der Waals surface area (Å²) in [5.41, 5.74) is 2.30. The highest BCUT2D eigenvalue weighted by Gasteiger charge is 2.15. The first-order valence-electron chi connectivity index (χ1n) is 8.94. The molecule has 1 fully saturated rings. The van der Waals surface area contributed by atoms with E-state index in [4.69, 9.17) is 9.26 Å². The van der Waals surface area contributed by atoms with E-state index in [1.807, 2.05) is 18.2 Å². The SMILES string of the molecule is Cc1cc(NC(=O)c2cnc(Nc3ccccc3N3CCOCC3)nc2)no1. The normalized spacial score (nSPS) is 14.0. The van der Waals surface area contributed by atoms with Gasteiger partial charge in [0, 0.05) is 31.5 Å². The van der Waals surface area contributed by atoms with Gasteiger partial charge in [-0.1, -0.05) is 17.3 Å². The number of rotatable bonds is 5. The highest BCUT2D eigenvalue weighted by Crippen LogP contribution is 2.28. The van der Waals surface area contributed by atoms with Gasteiger partial charge in [-0.15, -0.1) is 0 Å². The van der Waals surface area contributed by atoms with Crippen LogP contribution in [0.25, 0.3) is 0 Å². The largest absolute Gasteiger partial charge is 0.378 e. The number of anilines is 4. The molecule has 0 unspecified atom stereocenters. The summed E-state index contributed by atoms with van der Waals surface area (Å²) < 4.78 is 10.4. The lowest BCUT2D eigenvalue weighted by molar-refractivity contribution is 0.102. The van der Waals surface area contributed by atoms with Gasteiger partial charge in [0.2, 0.25) is 5.95 Å². The lowest BCUT2D eigenvalue weighted by Gasteiger charge is -2.30. The van der Waals surface area contributed by atoms with E-state index in [1.54, 1.807) is 13.0 Å². The Kier molecular flexibility index (Phi) is 5.16. The van der Waals surface area contributed by atoms with E-state index in [2.05, 4.69) is 36.7 Å². The number of hydrogen-bond donors (Lipinski definition) is 2. The molecule has 0 atom stereocenters. The Morgan fingerprint density at radius 2 is 1.89 bits per heavy atom. The molecule has 0 bridgehead atoms. The number of aryl methyl sites for hydroxylation is 1. The monoisotopic (exact) mass is 380 g/mol. The third-order valence-electron chi connectivity index (χ3n) is 4.29. The fourth-order valence-electron chi connectivity index (χ4n) is 2.90. The fourth-order valence-corrected chi connectivity index (χ4v) is 2.90. The zero-order valence-electron chi connectivity index (χ0n) is 15.4. The molecule has 1 aliphatic heterocycles. The minimum absolute atomic E-state index is 0.327. The standard InChI is InChI=1S/C19H20N6O3/c1-13-10-17(24-28-13)23-18(26)14-11-20-19(21-12-14)22-15-4-2-3-5-16(15)25-6-8-27-9-7-25/h2-5,10-12H,6-9H2,1H3,(H,20,21,22)(H,23,24,26). The molecule has 9 nitrogen and oxygen atoms in total. The van der Waals surface area contributed by atoms with Crippen LogP contribution in [0.15, 0.2) is 47.2 Å². The van der Waals surface area contributed by atoms with Crippen molar-refractivity contribution in [2.75, 3.05) is 41.8 Å². The summed E-state index contributed by atoms with van der Waals surface area (Å²) in [4.78, 5) is 23.0. The first-order chi connectivity index (χ1) is 13.7. The average molecular weight is 380 g/mol. The van der Waals surface area contributed by atoms with Crippen LogP contribution in [0, 0.1) is 6.92 Å². The first kappa shape index (κ1) is 17.9. The molecular weight excluding hydrogens is 360 g/mol. The lowest BCUT2D eigenvalue weighted by Crippen LogP contribution is -2.36. The van der Waals surface area contributed by atoms with Crippen molar-refractivity contribution in [3.8, 4) is 0 Å². The number of aromatic nitrogens is 3. The van der Waals surface area contributed by atoms with Gasteiger partial charge in [0.05, 0.1) is 30.2 Å². The molecule has 2 aromatic heterocycles. The number of benzene rings is 1. The highest BCUT2D eigenvalue weighted by molar-refractivity contribution is 6.03. The number of nitrogens with zero attached hydrogens (tertiary/aromatic N) is 4. The summed E-state index contributed by atoms with van der Waals surface area (Å²) in [6.45, 7) is 4.83. The minimum Gasteiger partial charge on any atom is -0.378 e. The molecule has 0 spiro atoms. The molecular formula is C19H20N6O3. The van der Waals surface area contributed by atoms with E-state index in [0.29, 0.717) is 36.3 Å². The molecule has 1 aliphatic rings. The number of nitrogens with one attached hydrogen (secondary N) is 2. The molecule has 0 saturated carbocycles. The topological polar surface area (TPSA) is 105 Å². The molecule has 28 heavy (non-hydrogen) atoms. The molecule has 1 saturated heterocycles. The van der Waals surface area contributed by atoms with Crippen molar-refractivity contribution >= 4 is 29.0 Å². The van der Waals surface area contributed by atoms with Crippen LogP contribution in [0.1, 0.15) is 16.1 Å². The van der Waals surface area contributed by atoms with Crippen LogP contribution in [0.3, 0.4) is 0 Å². The van der Waals surface area contributed by atoms with Crippen LogP contribution < -0.4 is 15.5 Å². The maximum atomic E-state index is 12.2. The highest BCUT2D eigenvalue weighted by atomic mass is 16.5. The third-order valence-corrected chi connectivity index (χ3v) is 4.29. The molecule has 9 heteroatoms. The zero-order chi connectivity index (χ0) is 19.3. The quantitative estimate of drug-likeness (QED) is 0.696. The first-order valence-corrected chi connectivity index (χ1v) is 8.94. The summed E-state index contributed by atoms with van der Waals surface area (Å²) in [6, 6.07) is 9.61. The molecule has 144 valence electrons. The van der Waals surface area contributed by atoms with Gasteiger partial charge < -0.3 is 24.8 Å². The second-order valence-electron chi connectivity index (χ2n) is 6.31. The van der Waals surface area contributed by atoms with Crippen LogP contribution >= 0.6 is 0 Å². The number of amides is 1. The predicted molar refractivity (Wildman–Crippen MR) is 104 cm³/mol. The van der Waals surface area contributed by atoms with Crippen molar-refractivity contribution in [3.05, 3.63) is 54.0 Å². The molecule has 3 heterocycles. The van der Waals surface area contributed by atoms with Crippen LogP contribution in [0.5, 0.6) is 0 Å². The second-order valence-corrected chi connectivity index (χ2v) is 6.31. The maximum absolute atomic E-state index is 12.2. The van der Waals surface area contributed by atoms with Crippen LogP contribution in [-0.2, 0) is 4.74 Å². The molecule has 3 aromatic rings. The van der Waals surface area contributed by atoms with E-state index in [1.165, 1.54) is 12.4 Å². The van der Waals surface area contributed by atoms with Crippen molar-refractivity contribution in [2.45, 2.75) is 6.92 Å². The van der Waals surface area contributed by atoms with Gasteiger partial charge in [-0.05, 0) is 19.1 Å². The van der Waals surface area contributed by atoms with Crippen LogP contribution in [0.4, 0.5) is 23.1 Å². The molecule has 0 aliphatic carbocycles. The number of morpholine rings is 1. The molecule has 4 rings (SSSR count). The van der Waals surface area contributed by atoms with E-state index < -0.39 is 0 Å². The summed E-state index contributed by atoms with van der Waals surface area (Å²) in [5, 5.41) is 9.60. The van der Waals surface area contributed by atoms with Crippen LogP contribution in [0.2, 0.25) is 0 Å². The minimum atomic E-state index is -0.353. The van der Waals surface area contributed by atoms with Crippen molar-refractivity contribution in [1.29, 1.82) is 0 Å². The van der Waals surface area contributed by atoms with Crippen molar-refractivity contribution < 1.29 is 14.1 Å².